The van der Waals surface area contributed by atoms with E-state index in [2.05, 4.69) is 0 Å². The number of Topliss-reactive ketones (excluding diaryl/α,β-unsaturated/α-hetero) is 1. The van der Waals surface area contributed by atoms with Gasteiger partial charge in [0.25, 0.3) is 0 Å². The van der Waals surface area contributed by atoms with Crippen LogP contribution in [0.15, 0.2) is 65.0 Å². The summed E-state index contributed by atoms with van der Waals surface area (Å²) in [5.41, 5.74) is 1.37. The Morgan fingerprint density at radius 2 is 1.92 bits per heavy atom. The van der Waals surface area contributed by atoms with Gasteiger partial charge in [-0.15, -0.1) is 0 Å². The van der Waals surface area contributed by atoms with Gasteiger partial charge in [-0.05, 0) is 42.0 Å². The van der Waals surface area contributed by atoms with Crippen LogP contribution in [-0.4, -0.2) is 5.78 Å². The number of allylic oxidation sites excluding steroid dienone is 1. The van der Waals surface area contributed by atoms with E-state index in [1.165, 1.54) is 6.26 Å². The summed E-state index contributed by atoms with van der Waals surface area (Å²) in [5.74, 6) is 1.63. The number of rotatable bonds is 4. The minimum Gasteiger partial charge on any atom is -0.489 e. The molecule has 3 aromatic rings. The molecule has 0 fully saturated rings. The Morgan fingerprint density at radius 1 is 1.04 bits per heavy atom. The van der Waals surface area contributed by atoms with Gasteiger partial charge in [0.1, 0.15) is 23.9 Å². The molecule has 0 unspecified atom stereocenters. The molecule has 2 heterocycles. The second-order valence-corrected chi connectivity index (χ2v) is 6.46. The fourth-order valence-electron chi connectivity index (χ4n) is 2.56. The molecule has 26 heavy (non-hydrogen) atoms. The predicted octanol–water partition coefficient (Wildman–Crippen LogP) is 5.78. The van der Waals surface area contributed by atoms with Crippen molar-refractivity contribution in [2.45, 2.75) is 6.61 Å². The molecule has 0 amide bonds. The van der Waals surface area contributed by atoms with Crippen LogP contribution in [0.3, 0.4) is 0 Å². The SMILES string of the molecule is O=C1/C(=C\c2ccco2)Oc2cc(OCc3ccc(Cl)c(Cl)c3)ccc21. The Kier molecular flexibility index (Phi) is 4.45. The smallest absolute Gasteiger partial charge is 0.232 e. The number of ether oxygens (including phenoxy) is 2. The predicted molar refractivity (Wildman–Crippen MR) is 98.9 cm³/mol. The van der Waals surface area contributed by atoms with E-state index in [4.69, 9.17) is 37.1 Å². The molecular weight excluding hydrogens is 375 g/mol. The molecule has 4 rings (SSSR count). The van der Waals surface area contributed by atoms with E-state index in [0.717, 1.165) is 5.56 Å². The molecule has 130 valence electrons. The summed E-state index contributed by atoms with van der Waals surface area (Å²) >= 11 is 11.9. The Labute approximate surface area is 159 Å². The quantitative estimate of drug-likeness (QED) is 0.533. The molecular formula is C20H12Cl2O4. The normalized spacial score (nSPS) is 14.4. The summed E-state index contributed by atoms with van der Waals surface area (Å²) in [6.45, 7) is 0.318. The van der Waals surface area contributed by atoms with Crippen molar-refractivity contribution in [3.8, 4) is 11.5 Å². The van der Waals surface area contributed by atoms with E-state index in [0.29, 0.717) is 39.5 Å². The second kappa shape index (κ2) is 6.90. The van der Waals surface area contributed by atoms with Gasteiger partial charge in [-0.25, -0.2) is 0 Å². The Morgan fingerprint density at radius 3 is 2.69 bits per heavy atom. The number of carbonyl (C=O) groups excluding carboxylic acids is 1. The van der Waals surface area contributed by atoms with Crippen LogP contribution in [0.2, 0.25) is 10.0 Å². The molecule has 0 radical (unpaired) electrons. The van der Waals surface area contributed by atoms with Gasteiger partial charge in [0.15, 0.2) is 5.76 Å². The Hall–Kier alpha value is -2.69. The average molecular weight is 387 g/mol. The Bertz CT molecular complexity index is 1010. The van der Waals surface area contributed by atoms with E-state index in [-0.39, 0.29) is 11.5 Å². The summed E-state index contributed by atoms with van der Waals surface area (Å²) in [4.78, 5) is 12.4. The first-order chi connectivity index (χ1) is 12.6. The molecule has 0 spiro atoms. The molecule has 1 aliphatic heterocycles. The summed E-state index contributed by atoms with van der Waals surface area (Å²) < 4.78 is 16.6. The van der Waals surface area contributed by atoms with Crippen LogP contribution in [0, 0.1) is 0 Å². The fourth-order valence-corrected chi connectivity index (χ4v) is 2.88. The molecule has 1 aliphatic rings. The van der Waals surface area contributed by atoms with Crippen molar-refractivity contribution in [1.82, 2.24) is 0 Å². The van der Waals surface area contributed by atoms with E-state index in [1.807, 2.05) is 6.07 Å². The van der Waals surface area contributed by atoms with Crippen molar-refractivity contribution in [1.29, 1.82) is 0 Å². The van der Waals surface area contributed by atoms with E-state index in [9.17, 15) is 4.79 Å². The maximum atomic E-state index is 12.4. The van der Waals surface area contributed by atoms with Crippen LogP contribution in [0.4, 0.5) is 0 Å². The zero-order valence-corrected chi connectivity index (χ0v) is 14.9. The van der Waals surface area contributed by atoms with Crippen LogP contribution in [0.1, 0.15) is 21.7 Å². The van der Waals surface area contributed by atoms with Gasteiger partial charge < -0.3 is 13.9 Å². The van der Waals surface area contributed by atoms with Crippen molar-refractivity contribution in [2.75, 3.05) is 0 Å². The monoisotopic (exact) mass is 386 g/mol. The first kappa shape index (κ1) is 16.8. The van der Waals surface area contributed by atoms with Crippen LogP contribution >= 0.6 is 23.2 Å². The molecule has 4 nitrogen and oxygen atoms in total. The molecule has 0 aliphatic carbocycles. The third-order valence-corrected chi connectivity index (χ3v) is 4.59. The van der Waals surface area contributed by atoms with Gasteiger partial charge in [0.05, 0.1) is 21.9 Å². The third-order valence-electron chi connectivity index (χ3n) is 3.85. The van der Waals surface area contributed by atoms with Crippen molar-refractivity contribution >= 4 is 35.1 Å². The number of halogens is 2. The van der Waals surface area contributed by atoms with E-state index < -0.39 is 0 Å². The highest BCUT2D eigenvalue weighted by molar-refractivity contribution is 6.42. The van der Waals surface area contributed by atoms with Gasteiger partial charge in [-0.3, -0.25) is 4.79 Å². The minimum atomic E-state index is -0.188. The van der Waals surface area contributed by atoms with Crippen LogP contribution in [0.25, 0.3) is 6.08 Å². The highest BCUT2D eigenvalue weighted by Gasteiger charge is 2.28. The van der Waals surface area contributed by atoms with E-state index >= 15 is 0 Å². The second-order valence-electron chi connectivity index (χ2n) is 5.65. The Balaban J connectivity index is 1.50. The largest absolute Gasteiger partial charge is 0.489 e. The van der Waals surface area contributed by atoms with Gasteiger partial charge in [-0.1, -0.05) is 29.3 Å². The highest BCUT2D eigenvalue weighted by atomic mass is 35.5. The number of fused-ring (bicyclic) bond motifs is 1. The third kappa shape index (κ3) is 3.34. The van der Waals surface area contributed by atoms with Crippen LogP contribution in [-0.2, 0) is 6.61 Å². The van der Waals surface area contributed by atoms with Crippen molar-refractivity contribution in [3.05, 3.63) is 87.5 Å². The number of benzene rings is 2. The van der Waals surface area contributed by atoms with Gasteiger partial charge in [0, 0.05) is 12.1 Å². The highest BCUT2D eigenvalue weighted by Crippen LogP contribution is 2.35. The maximum Gasteiger partial charge on any atom is 0.232 e. The topological polar surface area (TPSA) is 48.7 Å². The zero-order valence-electron chi connectivity index (χ0n) is 13.4. The summed E-state index contributed by atoms with van der Waals surface area (Å²) in [7, 11) is 0. The molecule has 0 saturated heterocycles. The number of furan rings is 1. The van der Waals surface area contributed by atoms with Crippen LogP contribution in [0.5, 0.6) is 11.5 Å². The lowest BCUT2D eigenvalue weighted by Crippen LogP contribution is -1.97. The fraction of sp³-hybridized carbons (Fsp3) is 0.0500. The zero-order chi connectivity index (χ0) is 18.1. The lowest BCUT2D eigenvalue weighted by atomic mass is 10.1. The molecule has 0 saturated carbocycles. The van der Waals surface area contributed by atoms with Crippen molar-refractivity contribution in [3.63, 3.8) is 0 Å². The van der Waals surface area contributed by atoms with E-state index in [1.54, 1.807) is 48.5 Å². The number of hydrogen-bond donors (Lipinski definition) is 0. The number of carbonyl (C=O) groups is 1. The van der Waals surface area contributed by atoms with Crippen molar-refractivity contribution in [2.24, 2.45) is 0 Å². The summed E-state index contributed by atoms with van der Waals surface area (Å²) in [6, 6.07) is 13.9. The number of ketones is 1. The minimum absolute atomic E-state index is 0.188. The van der Waals surface area contributed by atoms with Crippen LogP contribution < -0.4 is 9.47 Å². The molecule has 1 aromatic heterocycles. The molecule has 0 N–H and O–H groups in total. The standard InChI is InChI=1S/C20H12Cl2O4/c21-16-6-3-12(8-17(16)22)11-25-14-4-5-15-18(9-14)26-19(20(15)23)10-13-2-1-7-24-13/h1-10H,11H2/b19-10+. The number of hydrogen-bond acceptors (Lipinski definition) is 4. The first-order valence-electron chi connectivity index (χ1n) is 7.79. The molecule has 2 aromatic carbocycles. The summed E-state index contributed by atoms with van der Waals surface area (Å²) in [6.07, 6.45) is 3.10. The lowest BCUT2D eigenvalue weighted by Gasteiger charge is -2.08. The molecule has 0 bridgehead atoms. The van der Waals surface area contributed by atoms with Gasteiger partial charge in [-0.2, -0.15) is 0 Å². The summed E-state index contributed by atoms with van der Waals surface area (Å²) in [5, 5.41) is 0.971. The maximum absolute atomic E-state index is 12.4. The lowest BCUT2D eigenvalue weighted by molar-refractivity contribution is 0.101. The van der Waals surface area contributed by atoms with Gasteiger partial charge >= 0.3 is 0 Å². The average Bonchev–Trinajstić information content (AvgIpc) is 3.25. The van der Waals surface area contributed by atoms with Gasteiger partial charge in [0.2, 0.25) is 5.78 Å². The van der Waals surface area contributed by atoms with Crippen molar-refractivity contribution < 1.29 is 18.7 Å². The molecule has 6 heteroatoms. The molecule has 0 atom stereocenters. The first-order valence-corrected chi connectivity index (χ1v) is 8.54.